The Morgan fingerprint density at radius 3 is 2.30 bits per heavy atom. The molecular formula is C15H15Cl2F3N2S. The molecule has 0 aliphatic carbocycles. The first-order chi connectivity index (χ1) is 10.6. The van der Waals surface area contributed by atoms with Crippen molar-refractivity contribution in [1.82, 2.24) is 10.2 Å². The minimum atomic E-state index is -1.18. The van der Waals surface area contributed by atoms with Crippen LogP contribution in [0.15, 0.2) is 24.3 Å². The molecule has 3 rings (SSSR count). The summed E-state index contributed by atoms with van der Waals surface area (Å²) < 4.78 is 41.7. The maximum atomic E-state index is 14.3. The van der Waals surface area contributed by atoms with Crippen LogP contribution in [0.1, 0.15) is 16.5 Å². The fourth-order valence-electron chi connectivity index (χ4n) is 2.69. The summed E-state index contributed by atoms with van der Waals surface area (Å²) in [5.41, 5.74) is 0.138. The van der Waals surface area contributed by atoms with Crippen molar-refractivity contribution in [2.24, 2.45) is 0 Å². The van der Waals surface area contributed by atoms with Crippen molar-refractivity contribution < 1.29 is 13.2 Å². The van der Waals surface area contributed by atoms with E-state index in [1.54, 1.807) is 12.1 Å². The molecule has 1 fully saturated rings. The van der Waals surface area contributed by atoms with Crippen LogP contribution < -0.4 is 5.32 Å². The summed E-state index contributed by atoms with van der Waals surface area (Å²) in [5, 5.41) is 3.22. The van der Waals surface area contributed by atoms with Gasteiger partial charge in [-0.2, -0.15) is 0 Å². The largest absolute Gasteiger partial charge is 0.314 e. The molecule has 1 aromatic carbocycles. The predicted octanol–water partition coefficient (Wildman–Crippen LogP) is 4.24. The van der Waals surface area contributed by atoms with Gasteiger partial charge in [0.15, 0.2) is 11.6 Å². The van der Waals surface area contributed by atoms with Crippen LogP contribution in [-0.2, 0) is 0 Å². The molecule has 1 N–H and O–H groups in total. The van der Waals surface area contributed by atoms with E-state index in [4.69, 9.17) is 11.6 Å². The molecule has 2 aromatic rings. The first kappa shape index (κ1) is 18.5. The molecule has 0 saturated carbocycles. The van der Waals surface area contributed by atoms with Gasteiger partial charge in [-0.05, 0) is 18.2 Å². The Labute approximate surface area is 147 Å². The van der Waals surface area contributed by atoms with Gasteiger partial charge in [0.1, 0.15) is 5.82 Å². The molecule has 2 heterocycles. The van der Waals surface area contributed by atoms with Gasteiger partial charge in [-0.25, -0.2) is 13.2 Å². The van der Waals surface area contributed by atoms with Crippen molar-refractivity contribution >= 4 is 35.3 Å². The molecule has 2 nitrogen and oxygen atoms in total. The summed E-state index contributed by atoms with van der Waals surface area (Å²) in [6, 6.07) is 4.63. The zero-order valence-electron chi connectivity index (χ0n) is 12.0. The van der Waals surface area contributed by atoms with E-state index in [0.29, 0.717) is 23.5 Å². The van der Waals surface area contributed by atoms with Gasteiger partial charge in [-0.15, -0.1) is 23.7 Å². The number of nitrogens with zero attached hydrogens (tertiary/aromatic N) is 1. The number of rotatable bonds is 3. The molecule has 0 bridgehead atoms. The highest BCUT2D eigenvalue weighted by Gasteiger charge is 2.28. The normalized spacial score (nSPS) is 16.9. The summed E-state index contributed by atoms with van der Waals surface area (Å²) >= 11 is 7.31. The van der Waals surface area contributed by atoms with Crippen molar-refractivity contribution in [3.05, 3.63) is 56.5 Å². The Morgan fingerprint density at radius 2 is 1.70 bits per heavy atom. The minimum Gasteiger partial charge on any atom is -0.314 e. The number of piperazine rings is 1. The zero-order chi connectivity index (χ0) is 15.7. The Morgan fingerprint density at radius 1 is 1.04 bits per heavy atom. The number of thiophene rings is 1. The van der Waals surface area contributed by atoms with Gasteiger partial charge >= 0.3 is 0 Å². The molecule has 8 heteroatoms. The lowest BCUT2D eigenvalue weighted by atomic mass is 10.0. The maximum Gasteiger partial charge on any atom is 0.161 e. The van der Waals surface area contributed by atoms with Gasteiger partial charge in [-0.3, -0.25) is 4.90 Å². The highest BCUT2D eigenvalue weighted by atomic mass is 35.5. The second-order valence-electron chi connectivity index (χ2n) is 5.12. The fraction of sp³-hybridized carbons (Fsp3) is 0.333. The lowest BCUT2D eigenvalue weighted by Gasteiger charge is -2.34. The van der Waals surface area contributed by atoms with Gasteiger partial charge in [0.25, 0.3) is 0 Å². The molecule has 0 spiro atoms. The summed E-state index contributed by atoms with van der Waals surface area (Å²) in [5.74, 6) is -2.96. The van der Waals surface area contributed by atoms with Crippen LogP contribution in [-0.4, -0.2) is 31.1 Å². The standard InChI is InChI=1S/C15H14ClF3N2S.ClH/c16-14-2-1-13(22-14)15(21-5-3-20-4-6-21)9-7-11(18)12(19)8-10(9)17;/h1-2,7-8,15,20H,3-6H2;1H/t15-;/m1./s1. The second kappa shape index (κ2) is 7.85. The van der Waals surface area contributed by atoms with E-state index in [1.807, 2.05) is 0 Å². The highest BCUT2D eigenvalue weighted by molar-refractivity contribution is 7.16. The number of hydrogen-bond acceptors (Lipinski definition) is 3. The smallest absolute Gasteiger partial charge is 0.161 e. The van der Waals surface area contributed by atoms with Gasteiger partial charge in [0, 0.05) is 42.7 Å². The number of halogens is 5. The van der Waals surface area contributed by atoms with Crippen molar-refractivity contribution in [2.45, 2.75) is 6.04 Å². The SMILES string of the molecule is Cl.Fc1cc(F)c([C@H](c2ccc(Cl)s2)N2CCNCC2)cc1F. The number of benzene rings is 1. The molecule has 0 amide bonds. The third kappa shape index (κ3) is 4.00. The Balaban J connectivity index is 0.00000192. The first-order valence-corrected chi connectivity index (χ1v) is 8.10. The quantitative estimate of drug-likeness (QED) is 0.798. The molecule has 1 aliphatic rings. The van der Waals surface area contributed by atoms with Crippen LogP contribution in [0.3, 0.4) is 0 Å². The van der Waals surface area contributed by atoms with Gasteiger partial charge in [0.05, 0.1) is 10.4 Å². The van der Waals surface area contributed by atoms with Crippen molar-refractivity contribution in [2.75, 3.05) is 26.2 Å². The predicted molar refractivity (Wildman–Crippen MR) is 89.2 cm³/mol. The van der Waals surface area contributed by atoms with E-state index in [-0.39, 0.29) is 18.0 Å². The number of nitrogens with one attached hydrogen (secondary N) is 1. The van der Waals surface area contributed by atoms with Crippen molar-refractivity contribution in [3.63, 3.8) is 0 Å². The monoisotopic (exact) mass is 382 g/mol. The number of hydrogen-bond donors (Lipinski definition) is 1. The van der Waals surface area contributed by atoms with E-state index in [1.165, 1.54) is 11.3 Å². The molecule has 0 radical (unpaired) electrons. The van der Waals surface area contributed by atoms with E-state index in [9.17, 15) is 13.2 Å². The maximum absolute atomic E-state index is 14.3. The van der Waals surface area contributed by atoms with Gasteiger partial charge in [-0.1, -0.05) is 11.6 Å². The van der Waals surface area contributed by atoms with Gasteiger partial charge < -0.3 is 5.32 Å². The Kier molecular flexibility index (Phi) is 6.33. The van der Waals surface area contributed by atoms with Crippen molar-refractivity contribution in [1.29, 1.82) is 0 Å². The molecule has 23 heavy (non-hydrogen) atoms. The minimum absolute atomic E-state index is 0. The Bertz CT molecular complexity index is 675. The highest BCUT2D eigenvalue weighted by Crippen LogP contribution is 2.37. The molecule has 1 atom stereocenters. The second-order valence-corrected chi connectivity index (χ2v) is 6.86. The molecule has 1 aliphatic heterocycles. The third-order valence-corrected chi connectivity index (χ3v) is 5.00. The molecular weight excluding hydrogens is 368 g/mol. The fourth-order valence-corrected chi connectivity index (χ4v) is 3.91. The average Bonchev–Trinajstić information content (AvgIpc) is 2.92. The molecule has 1 aromatic heterocycles. The first-order valence-electron chi connectivity index (χ1n) is 6.90. The Hall–Kier alpha value is -0.790. The molecule has 0 unspecified atom stereocenters. The van der Waals surface area contributed by atoms with E-state index in [2.05, 4.69) is 10.2 Å². The van der Waals surface area contributed by atoms with Gasteiger partial charge in [0.2, 0.25) is 0 Å². The van der Waals surface area contributed by atoms with Crippen LogP contribution in [0.4, 0.5) is 13.2 Å². The molecule has 126 valence electrons. The summed E-state index contributed by atoms with van der Waals surface area (Å²) in [6.07, 6.45) is 0. The van der Waals surface area contributed by atoms with Crippen LogP contribution in [0.2, 0.25) is 4.34 Å². The lowest BCUT2D eigenvalue weighted by molar-refractivity contribution is 0.197. The summed E-state index contributed by atoms with van der Waals surface area (Å²) in [7, 11) is 0. The van der Waals surface area contributed by atoms with E-state index in [0.717, 1.165) is 24.0 Å². The van der Waals surface area contributed by atoms with Crippen LogP contribution in [0.25, 0.3) is 0 Å². The average molecular weight is 383 g/mol. The summed E-state index contributed by atoms with van der Waals surface area (Å²) in [6.45, 7) is 2.92. The van der Waals surface area contributed by atoms with E-state index < -0.39 is 23.5 Å². The van der Waals surface area contributed by atoms with Crippen LogP contribution in [0.5, 0.6) is 0 Å². The summed E-state index contributed by atoms with van der Waals surface area (Å²) in [4.78, 5) is 2.87. The van der Waals surface area contributed by atoms with E-state index >= 15 is 0 Å². The molecule has 1 saturated heterocycles. The van der Waals surface area contributed by atoms with Crippen molar-refractivity contribution in [3.8, 4) is 0 Å². The zero-order valence-corrected chi connectivity index (χ0v) is 14.4. The van der Waals surface area contributed by atoms with Crippen LogP contribution in [0, 0.1) is 17.5 Å². The topological polar surface area (TPSA) is 15.3 Å². The third-order valence-electron chi connectivity index (χ3n) is 3.71. The van der Waals surface area contributed by atoms with Crippen LogP contribution >= 0.6 is 35.3 Å². The lowest BCUT2D eigenvalue weighted by Crippen LogP contribution is -2.45.